The minimum Gasteiger partial charge on any atom is -0.376 e. The first-order chi connectivity index (χ1) is 11.7. The maximum absolute atomic E-state index is 12.3. The van der Waals surface area contributed by atoms with Crippen molar-refractivity contribution in [1.82, 2.24) is 15.2 Å². The first-order valence-corrected chi connectivity index (χ1v) is 10.1. The summed E-state index contributed by atoms with van der Waals surface area (Å²) in [5, 5.41) is 6.57. The van der Waals surface area contributed by atoms with Crippen LogP contribution in [0, 0.1) is 18.8 Å². The van der Waals surface area contributed by atoms with E-state index >= 15 is 0 Å². The zero-order valence-electron chi connectivity index (χ0n) is 14.4. The van der Waals surface area contributed by atoms with Crippen molar-refractivity contribution in [3.8, 4) is 0 Å². The zero-order valence-corrected chi connectivity index (χ0v) is 15.2. The molecule has 1 saturated carbocycles. The van der Waals surface area contributed by atoms with Gasteiger partial charge in [-0.1, -0.05) is 0 Å². The molecule has 2 aliphatic heterocycles. The fourth-order valence-corrected chi connectivity index (χ4v) is 4.88. The molecule has 4 rings (SSSR count). The Balaban J connectivity index is 1.41. The number of aromatic nitrogens is 1. The fraction of sp³-hybridized carbons (Fsp3) is 0.778. The van der Waals surface area contributed by atoms with E-state index in [0.717, 1.165) is 38.4 Å². The van der Waals surface area contributed by atoms with Crippen LogP contribution in [-0.2, 0) is 16.1 Å². The molecular weight excluding hydrogens is 322 g/mol. The van der Waals surface area contributed by atoms with E-state index in [9.17, 15) is 4.79 Å². The zero-order chi connectivity index (χ0) is 16.5. The lowest BCUT2D eigenvalue weighted by atomic mass is 9.85. The van der Waals surface area contributed by atoms with E-state index in [1.807, 2.05) is 6.92 Å². The van der Waals surface area contributed by atoms with Crippen molar-refractivity contribution < 1.29 is 9.53 Å². The third kappa shape index (κ3) is 3.98. The van der Waals surface area contributed by atoms with Gasteiger partial charge in [-0.05, 0) is 44.4 Å². The number of piperidine rings is 1. The highest BCUT2D eigenvalue weighted by atomic mass is 32.1. The smallest absolute Gasteiger partial charge is 0.220 e. The number of aryl methyl sites for hydroxylation is 1. The minimum absolute atomic E-state index is 0.122. The number of hydrogen-bond acceptors (Lipinski definition) is 5. The van der Waals surface area contributed by atoms with Crippen LogP contribution in [0.25, 0.3) is 0 Å². The second kappa shape index (κ2) is 7.10. The molecular formula is C18H27N3O2S. The molecule has 1 aromatic rings. The molecule has 0 bridgehead atoms. The summed E-state index contributed by atoms with van der Waals surface area (Å²) >= 11 is 1.73. The minimum atomic E-state index is 0.122. The molecule has 24 heavy (non-hydrogen) atoms. The summed E-state index contributed by atoms with van der Waals surface area (Å²) in [5.74, 6) is 1.37. The molecule has 1 amide bonds. The standard InChI is InChI=1S/C18H27N3O2S/c1-12-11-24-17(19-12)10-21-8-14-3-2-6-23-18(14)15(9-21)20-16(22)7-13-4-5-13/h11,13-15,18H,2-10H2,1H3,(H,20,22)/t14-,15+,18-/m0/s1. The Hall–Kier alpha value is -0.980. The van der Waals surface area contributed by atoms with E-state index < -0.39 is 0 Å². The quantitative estimate of drug-likeness (QED) is 0.887. The third-order valence-electron chi connectivity index (χ3n) is 5.38. The summed E-state index contributed by atoms with van der Waals surface area (Å²) in [6.45, 7) is 5.69. The number of thiazole rings is 1. The Labute approximate surface area is 147 Å². The number of fused-ring (bicyclic) bond motifs is 1. The molecule has 2 saturated heterocycles. The molecule has 1 aromatic heterocycles. The molecule has 3 aliphatic rings. The topological polar surface area (TPSA) is 54.5 Å². The van der Waals surface area contributed by atoms with E-state index in [1.165, 1.54) is 24.3 Å². The van der Waals surface area contributed by atoms with Crippen LogP contribution in [0.3, 0.4) is 0 Å². The van der Waals surface area contributed by atoms with Crippen molar-refractivity contribution in [2.24, 2.45) is 11.8 Å². The van der Waals surface area contributed by atoms with Gasteiger partial charge in [0.15, 0.2) is 0 Å². The predicted molar refractivity (Wildman–Crippen MR) is 93.9 cm³/mol. The maximum Gasteiger partial charge on any atom is 0.220 e. The number of ether oxygens (including phenoxy) is 1. The summed E-state index contributed by atoms with van der Waals surface area (Å²) in [4.78, 5) is 19.4. The Bertz CT molecular complexity index is 587. The molecule has 5 nitrogen and oxygen atoms in total. The predicted octanol–water partition coefficient (Wildman–Crippen LogP) is 2.35. The Morgan fingerprint density at radius 3 is 3.04 bits per heavy atom. The number of carbonyl (C=O) groups is 1. The van der Waals surface area contributed by atoms with Gasteiger partial charge in [-0.3, -0.25) is 9.69 Å². The van der Waals surface area contributed by atoms with E-state index in [1.54, 1.807) is 11.3 Å². The number of carbonyl (C=O) groups excluding carboxylic acids is 1. The summed E-state index contributed by atoms with van der Waals surface area (Å²) < 4.78 is 6.06. The highest BCUT2D eigenvalue weighted by Gasteiger charge is 2.40. The van der Waals surface area contributed by atoms with Crippen LogP contribution in [0.15, 0.2) is 5.38 Å². The molecule has 0 unspecified atom stereocenters. The van der Waals surface area contributed by atoms with E-state index in [-0.39, 0.29) is 18.1 Å². The number of hydrogen-bond donors (Lipinski definition) is 1. The number of rotatable bonds is 5. The number of nitrogens with zero attached hydrogens (tertiary/aromatic N) is 2. The third-order valence-corrected chi connectivity index (χ3v) is 6.33. The van der Waals surface area contributed by atoms with Crippen LogP contribution in [0.5, 0.6) is 0 Å². The van der Waals surface area contributed by atoms with E-state index in [2.05, 4.69) is 20.6 Å². The summed E-state index contributed by atoms with van der Waals surface area (Å²) in [7, 11) is 0. The van der Waals surface area contributed by atoms with Gasteiger partial charge in [0.1, 0.15) is 5.01 Å². The number of amides is 1. The van der Waals surface area contributed by atoms with Crippen molar-refractivity contribution in [1.29, 1.82) is 0 Å². The lowest BCUT2D eigenvalue weighted by Gasteiger charge is -2.45. The van der Waals surface area contributed by atoms with Crippen LogP contribution in [0.2, 0.25) is 0 Å². The summed E-state index contributed by atoms with van der Waals surface area (Å²) in [5.41, 5.74) is 1.10. The largest absolute Gasteiger partial charge is 0.376 e. The Kier molecular flexibility index (Phi) is 4.88. The van der Waals surface area contributed by atoms with Crippen molar-refractivity contribution in [2.75, 3.05) is 19.7 Å². The molecule has 3 heterocycles. The van der Waals surface area contributed by atoms with Gasteiger partial charge in [-0.25, -0.2) is 4.98 Å². The fourth-order valence-electron chi connectivity index (χ4n) is 4.07. The van der Waals surface area contributed by atoms with E-state index in [4.69, 9.17) is 4.74 Å². The molecule has 0 spiro atoms. The van der Waals surface area contributed by atoms with Crippen molar-refractivity contribution in [2.45, 2.75) is 57.7 Å². The average Bonchev–Trinajstić information content (AvgIpc) is 3.27. The molecule has 1 N–H and O–H groups in total. The Morgan fingerprint density at radius 1 is 1.42 bits per heavy atom. The van der Waals surface area contributed by atoms with Gasteiger partial charge in [0.2, 0.25) is 5.91 Å². The van der Waals surface area contributed by atoms with Gasteiger partial charge in [0.05, 0.1) is 18.7 Å². The van der Waals surface area contributed by atoms with Gasteiger partial charge in [-0.15, -0.1) is 11.3 Å². The maximum atomic E-state index is 12.3. The second-order valence-corrected chi connectivity index (χ2v) is 8.58. The van der Waals surface area contributed by atoms with Crippen molar-refractivity contribution in [3.63, 3.8) is 0 Å². The van der Waals surface area contributed by atoms with Crippen molar-refractivity contribution in [3.05, 3.63) is 16.1 Å². The molecule has 3 fully saturated rings. The Morgan fingerprint density at radius 2 is 2.29 bits per heavy atom. The van der Waals surface area contributed by atoms with Crippen molar-refractivity contribution >= 4 is 17.2 Å². The van der Waals surface area contributed by atoms with E-state index in [0.29, 0.717) is 18.3 Å². The highest BCUT2D eigenvalue weighted by Crippen LogP contribution is 2.33. The van der Waals surface area contributed by atoms with Gasteiger partial charge in [0.25, 0.3) is 0 Å². The number of likely N-dealkylation sites (tertiary alicyclic amines) is 1. The highest BCUT2D eigenvalue weighted by molar-refractivity contribution is 7.09. The number of nitrogens with one attached hydrogen (secondary N) is 1. The monoisotopic (exact) mass is 349 g/mol. The molecule has 0 radical (unpaired) electrons. The van der Waals surface area contributed by atoms with Gasteiger partial charge >= 0.3 is 0 Å². The summed E-state index contributed by atoms with van der Waals surface area (Å²) in [6, 6.07) is 0.122. The van der Waals surface area contributed by atoms with Crippen LogP contribution in [0.1, 0.15) is 42.8 Å². The van der Waals surface area contributed by atoms with Crippen LogP contribution >= 0.6 is 11.3 Å². The molecule has 1 aliphatic carbocycles. The SMILES string of the molecule is Cc1csc(CN2C[C@@H]3CCCO[C@@H]3[C@H](NC(=O)CC3CC3)C2)n1. The molecule has 132 valence electrons. The van der Waals surface area contributed by atoms with Crippen LogP contribution in [0.4, 0.5) is 0 Å². The lowest BCUT2D eigenvalue weighted by Crippen LogP contribution is -2.60. The lowest BCUT2D eigenvalue weighted by molar-refractivity contribution is -0.128. The molecule has 6 heteroatoms. The summed E-state index contributed by atoms with van der Waals surface area (Å²) in [6.07, 6.45) is 5.66. The second-order valence-electron chi connectivity index (χ2n) is 7.64. The average molecular weight is 350 g/mol. The molecule has 3 atom stereocenters. The normalized spacial score (nSPS) is 30.8. The van der Waals surface area contributed by atoms with Crippen LogP contribution < -0.4 is 5.32 Å². The van der Waals surface area contributed by atoms with Gasteiger partial charge in [0, 0.05) is 37.2 Å². The first-order valence-electron chi connectivity index (χ1n) is 9.21. The van der Waals surface area contributed by atoms with Crippen LogP contribution in [-0.4, -0.2) is 47.6 Å². The van der Waals surface area contributed by atoms with Gasteiger partial charge < -0.3 is 10.1 Å². The molecule has 0 aromatic carbocycles. The first kappa shape index (κ1) is 16.5. The van der Waals surface area contributed by atoms with Gasteiger partial charge in [-0.2, -0.15) is 0 Å².